The molecule has 1 heterocycles. The largest absolute Gasteiger partial charge is 0.313 e. The molecule has 2 rings (SSSR count). The highest BCUT2D eigenvalue weighted by Crippen LogP contribution is 2.20. The quantitative estimate of drug-likeness (QED) is 0.866. The molecule has 4 nitrogen and oxygen atoms in total. The first kappa shape index (κ1) is 16.4. The molecule has 1 fully saturated rings. The van der Waals surface area contributed by atoms with Gasteiger partial charge in [0.25, 0.3) is 0 Å². The summed E-state index contributed by atoms with van der Waals surface area (Å²) >= 11 is 0. The smallest absolute Gasteiger partial charge is 0.151 e. The van der Waals surface area contributed by atoms with Crippen LogP contribution >= 0.6 is 0 Å². The van der Waals surface area contributed by atoms with E-state index in [1.54, 1.807) is 12.1 Å². The van der Waals surface area contributed by atoms with Gasteiger partial charge in [-0.25, -0.2) is 12.8 Å². The fourth-order valence-electron chi connectivity index (χ4n) is 2.81. The van der Waals surface area contributed by atoms with E-state index in [2.05, 4.69) is 10.2 Å². The summed E-state index contributed by atoms with van der Waals surface area (Å²) in [6.45, 7) is 0.809. The van der Waals surface area contributed by atoms with E-state index in [9.17, 15) is 12.8 Å². The van der Waals surface area contributed by atoms with Crippen molar-refractivity contribution < 1.29 is 12.8 Å². The zero-order chi connectivity index (χ0) is 15.5. The molecule has 1 aromatic rings. The number of hydrogen-bond donors (Lipinski definition) is 1. The second kappa shape index (κ2) is 6.85. The van der Waals surface area contributed by atoms with Crippen molar-refractivity contribution in [1.29, 1.82) is 0 Å². The van der Waals surface area contributed by atoms with Crippen molar-refractivity contribution in [1.82, 2.24) is 10.2 Å². The fraction of sp³-hybridized carbons (Fsp3) is 0.600. The average molecular weight is 314 g/mol. The molecule has 6 heteroatoms. The number of hydrogen-bond acceptors (Lipinski definition) is 4. The summed E-state index contributed by atoms with van der Waals surface area (Å²) in [5.41, 5.74) is 1.05. The SMILES string of the molecule is CNC(CCN(C)C1CCS(=O)(=O)C1)c1ccc(F)cc1. The summed E-state index contributed by atoms with van der Waals surface area (Å²) in [4.78, 5) is 2.12. The lowest BCUT2D eigenvalue weighted by Gasteiger charge is -2.26. The molecule has 1 aliphatic heterocycles. The molecule has 1 aliphatic rings. The second-order valence-electron chi connectivity index (χ2n) is 5.72. The van der Waals surface area contributed by atoms with E-state index in [0.29, 0.717) is 5.75 Å². The highest BCUT2D eigenvalue weighted by atomic mass is 32.2. The average Bonchev–Trinajstić information content (AvgIpc) is 2.81. The van der Waals surface area contributed by atoms with Crippen molar-refractivity contribution in [2.45, 2.75) is 24.9 Å². The molecule has 0 radical (unpaired) electrons. The van der Waals surface area contributed by atoms with Gasteiger partial charge in [0.15, 0.2) is 9.84 Å². The van der Waals surface area contributed by atoms with E-state index in [0.717, 1.165) is 24.9 Å². The number of rotatable bonds is 6. The molecular weight excluding hydrogens is 291 g/mol. The van der Waals surface area contributed by atoms with Crippen LogP contribution in [0.1, 0.15) is 24.4 Å². The molecular formula is C15H23FN2O2S. The molecule has 1 N–H and O–H groups in total. The van der Waals surface area contributed by atoms with Gasteiger partial charge in [0.05, 0.1) is 11.5 Å². The highest BCUT2D eigenvalue weighted by molar-refractivity contribution is 7.91. The molecule has 1 aromatic carbocycles. The van der Waals surface area contributed by atoms with Gasteiger partial charge in [0.1, 0.15) is 5.82 Å². The number of benzene rings is 1. The zero-order valence-corrected chi connectivity index (χ0v) is 13.4. The third-order valence-corrected chi connectivity index (χ3v) is 5.97. The van der Waals surface area contributed by atoms with Crippen LogP contribution in [0.15, 0.2) is 24.3 Å². The van der Waals surface area contributed by atoms with Crippen LogP contribution in [0, 0.1) is 5.82 Å². The Labute approximate surface area is 126 Å². The van der Waals surface area contributed by atoms with E-state index in [4.69, 9.17) is 0 Å². The van der Waals surface area contributed by atoms with Crippen LogP contribution in [0.5, 0.6) is 0 Å². The van der Waals surface area contributed by atoms with Crippen LogP contribution in [0.4, 0.5) is 4.39 Å². The first-order chi connectivity index (χ1) is 9.91. The normalized spacial score (nSPS) is 22.6. The van der Waals surface area contributed by atoms with E-state index in [1.165, 1.54) is 12.1 Å². The zero-order valence-electron chi connectivity index (χ0n) is 12.5. The molecule has 0 aromatic heterocycles. The van der Waals surface area contributed by atoms with Crippen molar-refractivity contribution in [2.75, 3.05) is 32.1 Å². The van der Waals surface area contributed by atoms with Gasteiger partial charge in [0, 0.05) is 12.1 Å². The van der Waals surface area contributed by atoms with Gasteiger partial charge < -0.3 is 10.2 Å². The Hall–Kier alpha value is -0.980. The molecule has 0 saturated carbocycles. The molecule has 21 heavy (non-hydrogen) atoms. The van der Waals surface area contributed by atoms with Crippen LogP contribution in [0.3, 0.4) is 0 Å². The topological polar surface area (TPSA) is 49.4 Å². The standard InChI is InChI=1S/C15H23FN2O2S/c1-17-15(12-3-5-13(16)6-4-12)7-9-18(2)14-8-10-21(19,20)11-14/h3-6,14-15,17H,7-11H2,1-2H3. The molecule has 0 amide bonds. The van der Waals surface area contributed by atoms with Gasteiger partial charge in [-0.2, -0.15) is 0 Å². The van der Waals surface area contributed by atoms with Gasteiger partial charge in [-0.15, -0.1) is 0 Å². The number of nitrogens with zero attached hydrogens (tertiary/aromatic N) is 1. The third-order valence-electron chi connectivity index (χ3n) is 4.22. The van der Waals surface area contributed by atoms with E-state index >= 15 is 0 Å². The Bertz CT molecular complexity index is 560. The van der Waals surface area contributed by atoms with E-state index in [-0.39, 0.29) is 23.7 Å². The number of halogens is 1. The van der Waals surface area contributed by atoms with Crippen LogP contribution in [0.25, 0.3) is 0 Å². The van der Waals surface area contributed by atoms with Gasteiger partial charge in [-0.1, -0.05) is 12.1 Å². The van der Waals surface area contributed by atoms with Gasteiger partial charge in [-0.05, 0) is 51.2 Å². The van der Waals surface area contributed by atoms with Crippen LogP contribution in [0.2, 0.25) is 0 Å². The van der Waals surface area contributed by atoms with Crippen molar-refractivity contribution in [3.05, 3.63) is 35.6 Å². The maximum atomic E-state index is 13.0. The first-order valence-electron chi connectivity index (χ1n) is 7.24. The molecule has 2 atom stereocenters. The van der Waals surface area contributed by atoms with E-state index in [1.807, 2.05) is 14.1 Å². The monoisotopic (exact) mass is 314 g/mol. The summed E-state index contributed by atoms with van der Waals surface area (Å²) in [6, 6.07) is 6.78. The lowest BCUT2D eigenvalue weighted by atomic mass is 10.0. The molecule has 118 valence electrons. The Balaban J connectivity index is 1.90. The highest BCUT2D eigenvalue weighted by Gasteiger charge is 2.30. The molecule has 0 bridgehead atoms. The molecule has 0 aliphatic carbocycles. The fourth-order valence-corrected chi connectivity index (χ4v) is 4.62. The van der Waals surface area contributed by atoms with Gasteiger partial charge in [-0.3, -0.25) is 0 Å². The summed E-state index contributed by atoms with van der Waals surface area (Å²) in [7, 11) is 1.02. The lowest BCUT2D eigenvalue weighted by Crippen LogP contribution is -2.35. The summed E-state index contributed by atoms with van der Waals surface area (Å²) in [6.07, 6.45) is 1.58. The maximum absolute atomic E-state index is 13.0. The lowest BCUT2D eigenvalue weighted by molar-refractivity contribution is 0.248. The predicted molar refractivity (Wildman–Crippen MR) is 82.5 cm³/mol. The summed E-state index contributed by atoms with van der Waals surface area (Å²) in [5, 5.41) is 3.23. The summed E-state index contributed by atoms with van der Waals surface area (Å²) < 4.78 is 36.0. The van der Waals surface area contributed by atoms with Crippen LogP contribution < -0.4 is 5.32 Å². The van der Waals surface area contributed by atoms with Gasteiger partial charge in [0.2, 0.25) is 0 Å². The summed E-state index contributed by atoms with van der Waals surface area (Å²) in [5.74, 6) is 0.335. The first-order valence-corrected chi connectivity index (χ1v) is 9.07. The Morgan fingerprint density at radius 2 is 2.05 bits per heavy atom. The van der Waals surface area contributed by atoms with Gasteiger partial charge >= 0.3 is 0 Å². The molecule has 2 unspecified atom stereocenters. The number of nitrogens with one attached hydrogen (secondary N) is 1. The Kier molecular flexibility index (Phi) is 5.35. The van der Waals surface area contributed by atoms with Crippen LogP contribution in [-0.2, 0) is 9.84 Å². The van der Waals surface area contributed by atoms with Crippen LogP contribution in [-0.4, -0.2) is 51.5 Å². The second-order valence-corrected chi connectivity index (χ2v) is 7.95. The van der Waals surface area contributed by atoms with Crippen molar-refractivity contribution in [2.24, 2.45) is 0 Å². The minimum absolute atomic E-state index is 0.126. The minimum atomic E-state index is -2.84. The van der Waals surface area contributed by atoms with Crippen molar-refractivity contribution in [3.8, 4) is 0 Å². The minimum Gasteiger partial charge on any atom is -0.313 e. The molecule has 1 saturated heterocycles. The third kappa shape index (κ3) is 4.49. The molecule has 0 spiro atoms. The van der Waals surface area contributed by atoms with Crippen molar-refractivity contribution >= 4 is 9.84 Å². The number of sulfone groups is 1. The predicted octanol–water partition coefficient (Wildman–Crippen LogP) is 1.60. The maximum Gasteiger partial charge on any atom is 0.151 e. The Morgan fingerprint density at radius 1 is 1.38 bits per heavy atom. The Morgan fingerprint density at radius 3 is 2.57 bits per heavy atom. The van der Waals surface area contributed by atoms with Crippen molar-refractivity contribution in [3.63, 3.8) is 0 Å². The van der Waals surface area contributed by atoms with E-state index < -0.39 is 9.84 Å².